The largest absolute Gasteiger partial charge is 0.491 e. The van der Waals surface area contributed by atoms with Gasteiger partial charge in [-0.15, -0.1) is 0 Å². The van der Waals surface area contributed by atoms with Gasteiger partial charge in [-0.05, 0) is 30.2 Å². The van der Waals surface area contributed by atoms with Crippen LogP contribution in [0.2, 0.25) is 0 Å². The number of aromatic nitrogens is 2. The summed E-state index contributed by atoms with van der Waals surface area (Å²) >= 11 is 0. The number of benzene rings is 1. The summed E-state index contributed by atoms with van der Waals surface area (Å²) in [4.78, 5) is 12.7. The Morgan fingerprint density at radius 2 is 1.92 bits per heavy atom. The Labute approximate surface area is 201 Å². The molecule has 0 fully saturated rings. The van der Waals surface area contributed by atoms with Crippen molar-refractivity contribution in [2.45, 2.75) is 43.9 Å². The SMILES string of the molecule is O=C(N[C@H]1COc2ccc(C(F)(F)F)cc2C1)c1cc2n(n1)CCC(COCCOCC(F)(F)F)O2. The van der Waals surface area contributed by atoms with E-state index in [-0.39, 0.29) is 44.6 Å². The number of carbonyl (C=O) groups excluding carboxylic acids is 1. The predicted octanol–water partition coefficient (Wildman–Crippen LogP) is 3.38. The van der Waals surface area contributed by atoms with Crippen molar-refractivity contribution in [3.8, 4) is 11.6 Å². The molecule has 1 aromatic carbocycles. The summed E-state index contributed by atoms with van der Waals surface area (Å²) in [6.07, 6.45) is -8.57. The molecule has 1 aromatic heterocycles. The molecule has 0 spiro atoms. The molecule has 36 heavy (non-hydrogen) atoms. The van der Waals surface area contributed by atoms with Crippen LogP contribution in [0.5, 0.6) is 11.6 Å². The number of ether oxygens (including phenoxy) is 4. The molecule has 0 radical (unpaired) electrons. The quantitative estimate of drug-likeness (QED) is 0.422. The van der Waals surface area contributed by atoms with Crippen LogP contribution in [0, 0.1) is 0 Å². The number of carbonyl (C=O) groups is 1. The second-order valence-corrected chi connectivity index (χ2v) is 8.37. The first kappa shape index (κ1) is 26.1. The van der Waals surface area contributed by atoms with Crippen LogP contribution < -0.4 is 14.8 Å². The fourth-order valence-corrected chi connectivity index (χ4v) is 3.82. The molecule has 14 heteroatoms. The number of aryl methyl sites for hydroxylation is 1. The van der Waals surface area contributed by atoms with E-state index in [2.05, 4.69) is 15.2 Å². The number of alkyl halides is 6. The zero-order valence-electron chi connectivity index (χ0n) is 18.8. The van der Waals surface area contributed by atoms with Gasteiger partial charge in [0.2, 0.25) is 5.88 Å². The summed E-state index contributed by atoms with van der Waals surface area (Å²) in [5.41, 5.74) is -0.370. The number of rotatable bonds is 8. The smallest absolute Gasteiger partial charge is 0.416 e. The maximum atomic E-state index is 13.0. The Hall–Kier alpha value is -3.00. The molecule has 0 saturated carbocycles. The molecule has 3 heterocycles. The lowest BCUT2D eigenvalue weighted by atomic mass is 10.00. The van der Waals surface area contributed by atoms with Gasteiger partial charge >= 0.3 is 12.4 Å². The molecule has 1 unspecified atom stereocenters. The van der Waals surface area contributed by atoms with Gasteiger partial charge in [-0.1, -0.05) is 0 Å². The zero-order valence-corrected chi connectivity index (χ0v) is 18.8. The molecule has 8 nitrogen and oxygen atoms in total. The van der Waals surface area contributed by atoms with Gasteiger partial charge in [0.25, 0.3) is 5.91 Å². The maximum absolute atomic E-state index is 13.0. The average molecular weight is 523 g/mol. The van der Waals surface area contributed by atoms with Crippen LogP contribution in [0.4, 0.5) is 26.3 Å². The first-order valence-electron chi connectivity index (χ1n) is 11.1. The molecule has 1 amide bonds. The molecule has 198 valence electrons. The van der Waals surface area contributed by atoms with Crippen LogP contribution in [0.15, 0.2) is 24.3 Å². The summed E-state index contributed by atoms with van der Waals surface area (Å²) in [5.74, 6) is 0.145. The monoisotopic (exact) mass is 523 g/mol. The molecule has 0 aliphatic carbocycles. The first-order chi connectivity index (χ1) is 17.0. The van der Waals surface area contributed by atoms with Crippen molar-refractivity contribution in [2.75, 3.05) is 33.0 Å². The normalized spacial score (nSPS) is 19.6. The number of nitrogens with one attached hydrogen (secondary N) is 1. The lowest BCUT2D eigenvalue weighted by Crippen LogP contribution is -2.43. The second-order valence-electron chi connectivity index (χ2n) is 8.37. The number of nitrogens with zero attached hydrogens (tertiary/aromatic N) is 2. The molecule has 1 N–H and O–H groups in total. The van der Waals surface area contributed by atoms with Crippen molar-refractivity contribution in [3.05, 3.63) is 41.1 Å². The van der Waals surface area contributed by atoms with Gasteiger partial charge in [0.15, 0.2) is 5.69 Å². The van der Waals surface area contributed by atoms with E-state index in [1.165, 1.54) is 16.8 Å². The van der Waals surface area contributed by atoms with Crippen molar-refractivity contribution in [3.63, 3.8) is 0 Å². The Balaban J connectivity index is 1.26. The fraction of sp³-hybridized carbons (Fsp3) is 0.545. The van der Waals surface area contributed by atoms with Crippen LogP contribution in [-0.2, 0) is 28.6 Å². The maximum Gasteiger partial charge on any atom is 0.416 e. The molecule has 2 aromatic rings. The third-order valence-corrected chi connectivity index (χ3v) is 5.50. The van der Waals surface area contributed by atoms with Gasteiger partial charge in [-0.25, -0.2) is 4.68 Å². The summed E-state index contributed by atoms with van der Waals surface area (Å²) in [6, 6.07) is 4.13. The lowest BCUT2D eigenvalue weighted by Gasteiger charge is -2.26. The van der Waals surface area contributed by atoms with Gasteiger partial charge in [0.05, 0.1) is 31.4 Å². The van der Waals surface area contributed by atoms with Gasteiger partial charge < -0.3 is 24.3 Å². The molecular formula is C22H23F6N3O5. The number of amides is 1. The van der Waals surface area contributed by atoms with E-state index >= 15 is 0 Å². The van der Waals surface area contributed by atoms with Gasteiger partial charge in [-0.3, -0.25) is 4.79 Å². The Bertz CT molecular complexity index is 1070. The second kappa shape index (κ2) is 10.5. The Morgan fingerprint density at radius 3 is 2.67 bits per heavy atom. The third kappa shape index (κ3) is 6.81. The molecule has 2 aliphatic heterocycles. The molecule has 2 aliphatic rings. The van der Waals surface area contributed by atoms with Crippen molar-refractivity contribution < 1.29 is 50.1 Å². The topological polar surface area (TPSA) is 83.8 Å². The predicted molar refractivity (Wildman–Crippen MR) is 111 cm³/mol. The van der Waals surface area contributed by atoms with Gasteiger partial charge in [-0.2, -0.15) is 31.4 Å². The molecule has 2 atom stereocenters. The van der Waals surface area contributed by atoms with Crippen molar-refractivity contribution in [1.29, 1.82) is 0 Å². The minimum atomic E-state index is -4.48. The zero-order chi connectivity index (χ0) is 25.9. The van der Waals surface area contributed by atoms with Crippen molar-refractivity contribution in [2.24, 2.45) is 0 Å². The molecule has 4 rings (SSSR count). The highest BCUT2D eigenvalue weighted by Crippen LogP contribution is 2.34. The van der Waals surface area contributed by atoms with E-state index in [9.17, 15) is 31.1 Å². The van der Waals surface area contributed by atoms with Crippen molar-refractivity contribution in [1.82, 2.24) is 15.1 Å². The first-order valence-corrected chi connectivity index (χ1v) is 11.1. The third-order valence-electron chi connectivity index (χ3n) is 5.50. The van der Waals surface area contributed by atoms with Crippen LogP contribution in [0.3, 0.4) is 0 Å². The highest BCUT2D eigenvalue weighted by molar-refractivity contribution is 5.92. The van der Waals surface area contributed by atoms with E-state index in [0.29, 0.717) is 30.2 Å². The van der Waals surface area contributed by atoms with E-state index < -0.39 is 36.5 Å². The standard InChI is InChI=1S/C22H23F6N3O5/c23-21(24,25)12-34-6-5-33-11-16-3-4-31-19(36-16)9-17(30-31)20(32)29-15-8-13-7-14(22(26,27)28)1-2-18(13)35-10-15/h1-2,7,9,15-16H,3-6,8,10-12H2,(H,29,32)/t15-,16?/m1/s1. The number of hydrogen-bond acceptors (Lipinski definition) is 6. The van der Waals surface area contributed by atoms with Crippen LogP contribution in [-0.4, -0.2) is 67.0 Å². The number of halogens is 6. The highest BCUT2D eigenvalue weighted by atomic mass is 19.4. The van der Waals surface area contributed by atoms with E-state index in [1.54, 1.807) is 0 Å². The van der Waals surface area contributed by atoms with E-state index in [4.69, 9.17) is 14.2 Å². The van der Waals surface area contributed by atoms with E-state index in [0.717, 1.165) is 12.1 Å². The molecule has 0 saturated heterocycles. The Kier molecular flexibility index (Phi) is 7.64. The average Bonchev–Trinajstić information content (AvgIpc) is 3.23. The summed E-state index contributed by atoms with van der Waals surface area (Å²) in [5, 5.41) is 6.93. The number of hydrogen-bond donors (Lipinski definition) is 1. The number of fused-ring (bicyclic) bond motifs is 2. The van der Waals surface area contributed by atoms with E-state index in [1.807, 2.05) is 0 Å². The molecular weight excluding hydrogens is 500 g/mol. The summed E-state index contributed by atoms with van der Waals surface area (Å²) in [7, 11) is 0. The van der Waals surface area contributed by atoms with Crippen LogP contribution >= 0.6 is 0 Å². The van der Waals surface area contributed by atoms with Gasteiger partial charge in [0, 0.05) is 19.0 Å². The Morgan fingerprint density at radius 1 is 1.14 bits per heavy atom. The van der Waals surface area contributed by atoms with Crippen LogP contribution in [0.25, 0.3) is 0 Å². The lowest BCUT2D eigenvalue weighted by molar-refractivity contribution is -0.177. The highest BCUT2D eigenvalue weighted by Gasteiger charge is 2.33. The van der Waals surface area contributed by atoms with Gasteiger partial charge in [0.1, 0.15) is 25.1 Å². The minimum absolute atomic E-state index is 0.0279. The van der Waals surface area contributed by atoms with Crippen molar-refractivity contribution >= 4 is 5.91 Å². The fourth-order valence-electron chi connectivity index (χ4n) is 3.82. The van der Waals surface area contributed by atoms with Crippen LogP contribution in [0.1, 0.15) is 28.0 Å². The summed E-state index contributed by atoms with van der Waals surface area (Å²) in [6.45, 7) is -0.919. The summed E-state index contributed by atoms with van der Waals surface area (Å²) < 4.78 is 97.6. The minimum Gasteiger partial charge on any atom is -0.491 e. The molecule has 0 bridgehead atoms.